The standard InChI is InChI=1S/C31H52N6O4S2/c1-3-4-10-22(32)24(35-20-8-6-5-7-9-20)15-23(19(2)30(33)39)36-26-17-34-31(43-26)21-18-42-29-25(38)16-27(41-28(21)29)37-11-13-40-14-12-37/h16,19-21,23-24,26,28-29,31-32,34-36H,3-15,17-18H2,1-2H3,(H2,33,39). The summed E-state index contributed by atoms with van der Waals surface area (Å²) in [5.41, 5.74) is 6.61. The summed E-state index contributed by atoms with van der Waals surface area (Å²) in [6.45, 7) is 7.60. The van der Waals surface area contributed by atoms with Crippen LogP contribution in [0, 0.1) is 17.2 Å². The van der Waals surface area contributed by atoms with Crippen molar-refractivity contribution in [3.8, 4) is 0 Å². The molecular formula is C31H52N6O4S2. The fraction of sp³-hybridized carbons (Fsp3) is 0.839. The third-order valence-electron chi connectivity index (χ3n) is 9.72. The zero-order valence-corrected chi connectivity index (χ0v) is 27.5. The van der Waals surface area contributed by atoms with Crippen molar-refractivity contribution >= 4 is 40.9 Å². The highest BCUT2D eigenvalue weighted by atomic mass is 32.2. The maximum Gasteiger partial charge on any atom is 0.221 e. The first-order valence-electron chi connectivity index (χ1n) is 16.5. The van der Waals surface area contributed by atoms with E-state index >= 15 is 0 Å². The van der Waals surface area contributed by atoms with Gasteiger partial charge in [-0.1, -0.05) is 39.5 Å². The van der Waals surface area contributed by atoms with Crippen LogP contribution in [-0.4, -0.2) is 101 Å². The largest absolute Gasteiger partial charge is 0.474 e. The molecule has 8 atom stereocenters. The summed E-state index contributed by atoms with van der Waals surface area (Å²) < 4.78 is 12.0. The molecule has 0 aromatic carbocycles. The Hall–Kier alpha value is -1.31. The smallest absolute Gasteiger partial charge is 0.221 e. The fourth-order valence-corrected chi connectivity index (χ4v) is 10.0. The van der Waals surface area contributed by atoms with Gasteiger partial charge in [-0.2, -0.15) is 0 Å². The molecule has 3 saturated heterocycles. The van der Waals surface area contributed by atoms with Crippen LogP contribution in [0.25, 0.3) is 0 Å². The van der Waals surface area contributed by atoms with E-state index in [0.29, 0.717) is 31.6 Å². The van der Waals surface area contributed by atoms with E-state index in [-0.39, 0.29) is 57.7 Å². The number of allylic oxidation sites excluding steroid dienone is 1. The minimum atomic E-state index is -0.360. The molecule has 4 fully saturated rings. The van der Waals surface area contributed by atoms with E-state index in [1.807, 2.05) is 18.7 Å². The van der Waals surface area contributed by atoms with Crippen LogP contribution in [0.3, 0.4) is 0 Å². The van der Waals surface area contributed by atoms with E-state index in [1.165, 1.54) is 19.3 Å². The highest BCUT2D eigenvalue weighted by Gasteiger charge is 2.50. The molecule has 10 nitrogen and oxygen atoms in total. The minimum absolute atomic E-state index is 0.0665. The molecule has 1 amide bonds. The van der Waals surface area contributed by atoms with Crippen LogP contribution >= 0.6 is 23.5 Å². The van der Waals surface area contributed by atoms with Crippen molar-refractivity contribution in [2.75, 3.05) is 38.6 Å². The number of ketones is 1. The molecule has 5 aliphatic rings. The van der Waals surface area contributed by atoms with Gasteiger partial charge in [-0.05, 0) is 32.1 Å². The van der Waals surface area contributed by atoms with Gasteiger partial charge in [0.15, 0.2) is 11.7 Å². The summed E-state index contributed by atoms with van der Waals surface area (Å²) in [6, 6.07) is 0.218. The SMILES string of the molecule is CCCCC(=N)C(CC(NC1CNC(C2CSC3C(=O)C=C(N4CCOCC4)OC32)S1)C(C)C(N)=O)NC1CCCCC1. The van der Waals surface area contributed by atoms with Gasteiger partial charge >= 0.3 is 0 Å². The first-order chi connectivity index (χ1) is 20.8. The number of hydrogen-bond donors (Lipinski definition) is 5. The lowest BCUT2D eigenvalue weighted by atomic mass is 9.89. The number of fused-ring (bicyclic) bond motifs is 1. The summed E-state index contributed by atoms with van der Waals surface area (Å²) in [7, 11) is 0. The molecule has 43 heavy (non-hydrogen) atoms. The zero-order valence-electron chi connectivity index (χ0n) is 25.9. The van der Waals surface area contributed by atoms with Crippen LogP contribution in [0.4, 0.5) is 0 Å². The molecule has 0 bridgehead atoms. The van der Waals surface area contributed by atoms with Crippen LogP contribution in [0.1, 0.15) is 71.6 Å². The predicted octanol–water partition coefficient (Wildman–Crippen LogP) is 2.82. The van der Waals surface area contributed by atoms with Crippen molar-refractivity contribution in [1.82, 2.24) is 20.9 Å². The van der Waals surface area contributed by atoms with Gasteiger partial charge in [-0.3, -0.25) is 9.59 Å². The monoisotopic (exact) mass is 636 g/mol. The molecule has 0 spiro atoms. The number of primary amides is 1. The number of carbonyl (C=O) groups is 2. The maximum atomic E-state index is 13.1. The van der Waals surface area contributed by atoms with Crippen molar-refractivity contribution in [1.29, 1.82) is 5.41 Å². The van der Waals surface area contributed by atoms with Gasteiger partial charge in [0.1, 0.15) is 11.4 Å². The number of rotatable bonds is 14. The number of carbonyl (C=O) groups excluding carboxylic acids is 2. The zero-order chi connectivity index (χ0) is 30.3. The van der Waals surface area contributed by atoms with Crippen molar-refractivity contribution < 1.29 is 19.1 Å². The average molecular weight is 637 g/mol. The van der Waals surface area contributed by atoms with Crippen LogP contribution in [0.2, 0.25) is 0 Å². The number of thioether (sulfide) groups is 2. The maximum absolute atomic E-state index is 13.1. The number of morpholine rings is 1. The average Bonchev–Trinajstić information content (AvgIpc) is 3.67. The third-order valence-corrected chi connectivity index (χ3v) is 12.6. The van der Waals surface area contributed by atoms with Gasteiger partial charge in [0.05, 0.1) is 29.9 Å². The Kier molecular flexibility index (Phi) is 12.2. The number of unbranched alkanes of at least 4 members (excludes halogenated alkanes) is 1. The second-order valence-corrected chi connectivity index (χ2v) is 15.3. The molecule has 242 valence electrons. The van der Waals surface area contributed by atoms with E-state index < -0.39 is 0 Å². The second kappa shape index (κ2) is 15.8. The van der Waals surface area contributed by atoms with Crippen molar-refractivity contribution in [2.45, 2.75) is 112 Å². The van der Waals surface area contributed by atoms with Crippen molar-refractivity contribution in [3.63, 3.8) is 0 Å². The lowest BCUT2D eigenvalue weighted by Gasteiger charge is -2.37. The van der Waals surface area contributed by atoms with E-state index in [1.54, 1.807) is 17.8 Å². The molecule has 1 aliphatic carbocycles. The van der Waals surface area contributed by atoms with Crippen LogP contribution in [0.15, 0.2) is 12.0 Å². The van der Waals surface area contributed by atoms with Crippen LogP contribution < -0.4 is 21.7 Å². The first-order valence-corrected chi connectivity index (χ1v) is 18.5. The van der Waals surface area contributed by atoms with Crippen molar-refractivity contribution in [3.05, 3.63) is 12.0 Å². The predicted molar refractivity (Wildman–Crippen MR) is 174 cm³/mol. The van der Waals surface area contributed by atoms with Crippen LogP contribution in [-0.2, 0) is 19.1 Å². The first kappa shape index (κ1) is 33.1. The van der Waals surface area contributed by atoms with Gasteiger partial charge in [0.25, 0.3) is 0 Å². The number of nitrogens with zero attached hydrogens (tertiary/aromatic N) is 1. The van der Waals surface area contributed by atoms with E-state index in [2.05, 4.69) is 27.8 Å². The second-order valence-electron chi connectivity index (χ2n) is 12.8. The Morgan fingerprint density at radius 2 is 2.00 bits per heavy atom. The van der Waals surface area contributed by atoms with E-state index in [9.17, 15) is 9.59 Å². The molecule has 12 heteroatoms. The van der Waals surface area contributed by atoms with Crippen molar-refractivity contribution in [2.24, 2.45) is 17.6 Å². The number of nitrogens with one attached hydrogen (secondary N) is 4. The van der Waals surface area contributed by atoms with Gasteiger partial charge in [-0.15, -0.1) is 23.5 Å². The lowest BCUT2D eigenvalue weighted by Crippen LogP contribution is -2.52. The topological polar surface area (TPSA) is 142 Å². The fourth-order valence-electron chi connectivity index (χ4n) is 6.97. The summed E-state index contributed by atoms with van der Waals surface area (Å²) in [5, 5.41) is 20.3. The Bertz CT molecular complexity index is 1000. The summed E-state index contributed by atoms with van der Waals surface area (Å²) >= 11 is 3.55. The normalized spacial score (nSPS) is 32.0. The molecule has 4 heterocycles. The third kappa shape index (κ3) is 8.49. The molecule has 5 rings (SSSR count). The number of amides is 1. The Morgan fingerprint density at radius 1 is 1.23 bits per heavy atom. The minimum Gasteiger partial charge on any atom is -0.474 e. The highest BCUT2D eigenvalue weighted by molar-refractivity contribution is 8.01. The summed E-state index contributed by atoms with van der Waals surface area (Å²) in [5.74, 6) is 1.23. The Labute approximate surface area is 265 Å². The summed E-state index contributed by atoms with van der Waals surface area (Å²) in [4.78, 5) is 27.7. The van der Waals surface area contributed by atoms with E-state index in [0.717, 1.165) is 63.2 Å². The Morgan fingerprint density at radius 3 is 2.72 bits per heavy atom. The van der Waals surface area contributed by atoms with E-state index in [4.69, 9.17) is 20.6 Å². The van der Waals surface area contributed by atoms with Gasteiger partial charge in [0, 0.05) is 61.2 Å². The molecule has 0 aromatic heterocycles. The highest BCUT2D eigenvalue weighted by Crippen LogP contribution is 2.44. The summed E-state index contributed by atoms with van der Waals surface area (Å²) in [6.07, 6.45) is 11.1. The molecule has 1 saturated carbocycles. The molecular weight excluding hydrogens is 585 g/mol. The van der Waals surface area contributed by atoms with Crippen LogP contribution in [0.5, 0.6) is 0 Å². The number of nitrogens with two attached hydrogens (primary N) is 1. The molecule has 0 radical (unpaired) electrons. The lowest BCUT2D eigenvalue weighted by molar-refractivity contribution is -0.122. The van der Waals surface area contributed by atoms with Gasteiger partial charge < -0.3 is 41.5 Å². The molecule has 4 aliphatic heterocycles. The quantitative estimate of drug-likeness (QED) is 0.181. The molecule has 8 unspecified atom stereocenters. The Balaban J connectivity index is 1.22. The molecule has 6 N–H and O–H groups in total. The number of ether oxygens (including phenoxy) is 2. The van der Waals surface area contributed by atoms with Gasteiger partial charge in [-0.25, -0.2) is 0 Å². The van der Waals surface area contributed by atoms with Gasteiger partial charge in [0.2, 0.25) is 5.91 Å². The number of hydrogen-bond acceptors (Lipinski definition) is 11. The molecule has 0 aromatic rings.